The van der Waals surface area contributed by atoms with E-state index in [0.717, 1.165) is 18.8 Å². The standard InChI is InChI=1S/C17H22N3O3/c1-14(2)16(21)23-13-8-18-17(22)20-11-9-19(10-12-20)15-6-4-3-5-7-15/h4-7H,1,8-13H2,2H3,(H,18,22). The van der Waals surface area contributed by atoms with Crippen LogP contribution < -0.4 is 10.2 Å². The third-order valence-corrected chi connectivity index (χ3v) is 3.59. The Hall–Kier alpha value is -2.50. The van der Waals surface area contributed by atoms with Gasteiger partial charge in [-0.25, -0.2) is 9.59 Å². The number of nitrogens with zero attached hydrogens (tertiary/aromatic N) is 2. The van der Waals surface area contributed by atoms with Gasteiger partial charge in [0.25, 0.3) is 0 Å². The Morgan fingerprint density at radius 3 is 2.52 bits per heavy atom. The minimum absolute atomic E-state index is 0.127. The lowest BCUT2D eigenvalue weighted by Crippen LogP contribution is -2.52. The van der Waals surface area contributed by atoms with Gasteiger partial charge in [0.1, 0.15) is 6.61 Å². The topological polar surface area (TPSA) is 61.9 Å². The van der Waals surface area contributed by atoms with E-state index < -0.39 is 5.97 Å². The molecule has 123 valence electrons. The first-order chi connectivity index (χ1) is 11.1. The van der Waals surface area contributed by atoms with E-state index in [1.807, 2.05) is 24.3 Å². The van der Waals surface area contributed by atoms with Gasteiger partial charge in [-0.1, -0.05) is 18.7 Å². The number of ether oxygens (including phenoxy) is 1. The largest absolute Gasteiger partial charge is 0.460 e. The van der Waals surface area contributed by atoms with Crippen LogP contribution >= 0.6 is 0 Å². The van der Waals surface area contributed by atoms with Crippen LogP contribution in [-0.4, -0.2) is 56.2 Å². The van der Waals surface area contributed by atoms with Crippen LogP contribution in [0.5, 0.6) is 0 Å². The second kappa shape index (κ2) is 8.22. The zero-order valence-electron chi connectivity index (χ0n) is 13.4. The van der Waals surface area contributed by atoms with Gasteiger partial charge in [-0.2, -0.15) is 0 Å². The summed E-state index contributed by atoms with van der Waals surface area (Å²) in [6.07, 6.45) is 0. The van der Waals surface area contributed by atoms with Gasteiger partial charge in [0, 0.05) is 37.4 Å². The first kappa shape index (κ1) is 16.9. The summed E-state index contributed by atoms with van der Waals surface area (Å²) in [7, 11) is 0. The number of anilines is 1. The van der Waals surface area contributed by atoms with E-state index in [2.05, 4.69) is 22.9 Å². The molecule has 0 aliphatic carbocycles. The summed E-state index contributed by atoms with van der Waals surface area (Å²) in [4.78, 5) is 27.3. The summed E-state index contributed by atoms with van der Waals surface area (Å²) < 4.78 is 4.93. The van der Waals surface area contributed by atoms with E-state index in [4.69, 9.17) is 4.74 Å². The molecule has 0 aromatic heterocycles. The van der Waals surface area contributed by atoms with E-state index in [1.54, 1.807) is 11.8 Å². The van der Waals surface area contributed by atoms with Gasteiger partial charge < -0.3 is 19.9 Å². The van der Waals surface area contributed by atoms with E-state index in [1.165, 1.54) is 0 Å². The van der Waals surface area contributed by atoms with Crippen LogP contribution in [-0.2, 0) is 9.53 Å². The number of amides is 2. The molecule has 0 atom stereocenters. The van der Waals surface area contributed by atoms with Crippen molar-refractivity contribution in [3.05, 3.63) is 42.5 Å². The number of hydrogen-bond acceptors (Lipinski definition) is 4. The summed E-state index contributed by atoms with van der Waals surface area (Å²) in [5, 5.41) is 2.76. The molecule has 1 saturated heterocycles. The van der Waals surface area contributed by atoms with Crippen LogP contribution in [0.25, 0.3) is 0 Å². The highest BCUT2D eigenvalue weighted by atomic mass is 16.5. The van der Waals surface area contributed by atoms with E-state index in [9.17, 15) is 9.59 Å². The van der Waals surface area contributed by atoms with Crippen molar-refractivity contribution < 1.29 is 14.3 Å². The number of rotatable bonds is 5. The molecule has 0 unspecified atom stereocenters. The molecule has 1 fully saturated rings. The van der Waals surface area contributed by atoms with Gasteiger partial charge >= 0.3 is 12.0 Å². The van der Waals surface area contributed by atoms with Crippen molar-refractivity contribution in [1.82, 2.24) is 10.2 Å². The van der Waals surface area contributed by atoms with Crippen LogP contribution in [0.3, 0.4) is 0 Å². The number of piperazine rings is 1. The average molecular weight is 316 g/mol. The first-order valence-corrected chi connectivity index (χ1v) is 7.64. The zero-order valence-corrected chi connectivity index (χ0v) is 13.4. The Balaban J connectivity index is 1.68. The van der Waals surface area contributed by atoms with E-state index in [0.29, 0.717) is 25.2 Å². The van der Waals surface area contributed by atoms with Crippen LogP contribution in [0.2, 0.25) is 0 Å². The SMILES string of the molecule is C=C(C)C(=O)OCCNC(=O)N1CCN(c2cc[c]cc2)CC1. The van der Waals surface area contributed by atoms with Gasteiger partial charge in [-0.3, -0.25) is 0 Å². The fraction of sp³-hybridized carbons (Fsp3) is 0.412. The maximum atomic E-state index is 12.1. The molecule has 1 aliphatic rings. The van der Waals surface area contributed by atoms with Gasteiger partial charge in [0.2, 0.25) is 0 Å². The quantitative estimate of drug-likeness (QED) is 0.507. The number of nitrogens with one attached hydrogen (secondary N) is 1. The summed E-state index contributed by atoms with van der Waals surface area (Å²) in [6, 6.07) is 10.7. The Morgan fingerprint density at radius 2 is 1.91 bits per heavy atom. The van der Waals surface area contributed by atoms with Crippen LogP contribution in [0.1, 0.15) is 6.92 Å². The average Bonchev–Trinajstić information content (AvgIpc) is 2.59. The number of urea groups is 1. The molecular formula is C17H22N3O3. The van der Waals surface area contributed by atoms with Crippen molar-refractivity contribution in [1.29, 1.82) is 0 Å². The first-order valence-electron chi connectivity index (χ1n) is 7.64. The second-order valence-electron chi connectivity index (χ2n) is 5.38. The summed E-state index contributed by atoms with van der Waals surface area (Å²) in [5.74, 6) is -0.437. The van der Waals surface area contributed by atoms with Crippen molar-refractivity contribution in [2.24, 2.45) is 0 Å². The highest BCUT2D eigenvalue weighted by Crippen LogP contribution is 2.15. The van der Waals surface area contributed by atoms with Gasteiger partial charge in [0.05, 0.1) is 6.54 Å². The van der Waals surface area contributed by atoms with E-state index >= 15 is 0 Å². The Bertz CT molecular complexity index is 551. The van der Waals surface area contributed by atoms with Gasteiger partial charge in [-0.15, -0.1) is 0 Å². The molecule has 1 aromatic rings. The molecule has 23 heavy (non-hydrogen) atoms. The number of benzene rings is 1. The maximum Gasteiger partial charge on any atom is 0.333 e. The molecule has 0 spiro atoms. The van der Waals surface area contributed by atoms with E-state index in [-0.39, 0.29) is 12.6 Å². The molecule has 6 nitrogen and oxygen atoms in total. The smallest absolute Gasteiger partial charge is 0.333 e. The molecule has 1 aliphatic heterocycles. The number of hydrogen-bond donors (Lipinski definition) is 1. The molecule has 6 heteroatoms. The normalized spacial score (nSPS) is 14.3. The fourth-order valence-corrected chi connectivity index (χ4v) is 2.29. The highest BCUT2D eigenvalue weighted by Gasteiger charge is 2.20. The predicted octanol–water partition coefficient (Wildman–Crippen LogP) is 1.44. The van der Waals surface area contributed by atoms with Crippen LogP contribution in [0.4, 0.5) is 10.5 Å². The maximum absolute atomic E-state index is 12.1. The Labute approximate surface area is 136 Å². The minimum Gasteiger partial charge on any atom is -0.460 e. The van der Waals surface area contributed by atoms with Crippen LogP contribution in [0, 0.1) is 6.07 Å². The van der Waals surface area contributed by atoms with Crippen LogP contribution in [0.15, 0.2) is 36.4 Å². The minimum atomic E-state index is -0.437. The summed E-state index contributed by atoms with van der Waals surface area (Å²) in [5.41, 5.74) is 1.50. The zero-order chi connectivity index (χ0) is 16.7. The lowest BCUT2D eigenvalue weighted by atomic mass is 10.2. The van der Waals surface area contributed by atoms with Gasteiger partial charge in [0.15, 0.2) is 0 Å². The number of carbonyl (C=O) groups excluding carboxylic acids is 2. The molecule has 1 radical (unpaired) electrons. The Kier molecular flexibility index (Phi) is 6.02. The molecule has 2 rings (SSSR count). The number of carbonyl (C=O) groups is 2. The molecule has 1 N–H and O–H groups in total. The highest BCUT2D eigenvalue weighted by molar-refractivity contribution is 5.86. The monoisotopic (exact) mass is 316 g/mol. The Morgan fingerprint density at radius 1 is 1.26 bits per heavy atom. The molecule has 1 heterocycles. The summed E-state index contributed by atoms with van der Waals surface area (Å²) >= 11 is 0. The third kappa shape index (κ3) is 5.02. The summed E-state index contributed by atoms with van der Waals surface area (Å²) in [6.45, 7) is 8.45. The second-order valence-corrected chi connectivity index (χ2v) is 5.38. The molecule has 0 bridgehead atoms. The van der Waals surface area contributed by atoms with Crippen molar-refractivity contribution >= 4 is 17.7 Å². The van der Waals surface area contributed by atoms with Crippen molar-refractivity contribution in [2.75, 3.05) is 44.2 Å². The fourth-order valence-electron chi connectivity index (χ4n) is 2.29. The van der Waals surface area contributed by atoms with Crippen molar-refractivity contribution in [3.8, 4) is 0 Å². The lowest BCUT2D eigenvalue weighted by Gasteiger charge is -2.36. The molecule has 1 aromatic carbocycles. The predicted molar refractivity (Wildman–Crippen MR) is 88.2 cm³/mol. The van der Waals surface area contributed by atoms with Crippen molar-refractivity contribution in [2.45, 2.75) is 6.92 Å². The molecule has 2 amide bonds. The van der Waals surface area contributed by atoms with Crippen molar-refractivity contribution in [3.63, 3.8) is 0 Å². The lowest BCUT2D eigenvalue weighted by molar-refractivity contribution is -0.138. The molecule has 0 saturated carbocycles. The number of esters is 1. The third-order valence-electron chi connectivity index (χ3n) is 3.59. The van der Waals surface area contributed by atoms with Gasteiger partial charge in [-0.05, 0) is 25.1 Å². The molecular weight excluding hydrogens is 294 g/mol.